The average Bonchev–Trinajstić information content (AvgIpc) is 2.74. The van der Waals surface area contributed by atoms with Crippen LogP contribution in [-0.2, 0) is 25.6 Å². The van der Waals surface area contributed by atoms with Gasteiger partial charge < -0.3 is 5.32 Å². The van der Waals surface area contributed by atoms with E-state index in [4.69, 9.17) is 4.28 Å². The Morgan fingerprint density at radius 3 is 2.63 bits per heavy atom. The van der Waals surface area contributed by atoms with Gasteiger partial charge in [0.05, 0.1) is 11.3 Å². The van der Waals surface area contributed by atoms with Crippen LogP contribution in [-0.4, -0.2) is 32.5 Å². The van der Waals surface area contributed by atoms with E-state index >= 15 is 0 Å². The van der Waals surface area contributed by atoms with E-state index in [0.717, 1.165) is 0 Å². The van der Waals surface area contributed by atoms with Gasteiger partial charge in [-0.2, -0.15) is 17.8 Å². The smallest absolute Gasteiger partial charge is 0.313 e. The lowest BCUT2D eigenvalue weighted by Gasteiger charge is -2.17. The summed E-state index contributed by atoms with van der Waals surface area (Å²) in [6.07, 6.45) is 0.198. The summed E-state index contributed by atoms with van der Waals surface area (Å²) in [7, 11) is -3.84. The predicted octanol–water partition coefficient (Wildman–Crippen LogP) is 1.14. The molecule has 0 aliphatic carbocycles. The normalized spacial score (nSPS) is 14.6. The molecule has 0 bridgehead atoms. The third kappa shape index (κ3) is 2.94. The first-order chi connectivity index (χ1) is 8.96. The van der Waals surface area contributed by atoms with Crippen LogP contribution in [0.5, 0.6) is 0 Å². The molecule has 0 saturated heterocycles. The molecule has 0 atom stereocenters. The van der Waals surface area contributed by atoms with Gasteiger partial charge in [-0.25, -0.2) is 0 Å². The number of nitrogens with zero attached hydrogens (tertiary/aromatic N) is 1. The van der Waals surface area contributed by atoms with Gasteiger partial charge in [-0.1, -0.05) is 13.8 Å². The molecule has 19 heavy (non-hydrogen) atoms. The summed E-state index contributed by atoms with van der Waals surface area (Å²) in [5, 5.41) is 4.01. The number of fused-ring (bicyclic) bond motifs is 1. The van der Waals surface area contributed by atoms with Crippen molar-refractivity contribution in [2.24, 2.45) is 0 Å². The SMILES string of the molecule is CCN(CC)OS(=O)(=O)c1ccc2c(c1)CC(=O)N2. The van der Waals surface area contributed by atoms with Crippen LogP contribution < -0.4 is 5.32 Å². The van der Waals surface area contributed by atoms with E-state index in [2.05, 4.69) is 5.32 Å². The van der Waals surface area contributed by atoms with E-state index in [1.54, 1.807) is 6.07 Å². The Morgan fingerprint density at radius 1 is 1.32 bits per heavy atom. The number of hydrogen-bond acceptors (Lipinski definition) is 5. The molecule has 0 fully saturated rings. The van der Waals surface area contributed by atoms with Crippen molar-refractivity contribution in [1.29, 1.82) is 0 Å². The first kappa shape index (κ1) is 14.0. The van der Waals surface area contributed by atoms with Crippen LogP contribution in [0, 0.1) is 0 Å². The molecule has 0 unspecified atom stereocenters. The second-order valence-corrected chi connectivity index (χ2v) is 5.72. The molecule has 0 spiro atoms. The van der Waals surface area contributed by atoms with Crippen LogP contribution in [0.25, 0.3) is 0 Å². The fourth-order valence-corrected chi connectivity index (χ4v) is 2.97. The Hall–Kier alpha value is -1.44. The molecule has 2 rings (SSSR count). The number of hydroxylamine groups is 2. The number of carbonyl (C=O) groups is 1. The van der Waals surface area contributed by atoms with E-state index in [0.29, 0.717) is 24.3 Å². The van der Waals surface area contributed by atoms with E-state index in [1.165, 1.54) is 17.2 Å². The van der Waals surface area contributed by atoms with Crippen LogP contribution >= 0.6 is 0 Å². The van der Waals surface area contributed by atoms with Crippen molar-refractivity contribution < 1.29 is 17.5 Å². The number of amides is 1. The van der Waals surface area contributed by atoms with Crippen molar-refractivity contribution >= 4 is 21.7 Å². The zero-order chi connectivity index (χ0) is 14.0. The Kier molecular flexibility index (Phi) is 3.88. The second kappa shape index (κ2) is 5.28. The van der Waals surface area contributed by atoms with Crippen molar-refractivity contribution in [1.82, 2.24) is 5.06 Å². The van der Waals surface area contributed by atoms with Crippen LogP contribution in [0.1, 0.15) is 19.4 Å². The van der Waals surface area contributed by atoms with Gasteiger partial charge in [0.2, 0.25) is 5.91 Å². The Bertz CT molecular complexity index is 594. The van der Waals surface area contributed by atoms with E-state index < -0.39 is 10.1 Å². The van der Waals surface area contributed by atoms with Gasteiger partial charge in [0, 0.05) is 18.8 Å². The molecule has 1 aromatic carbocycles. The summed E-state index contributed by atoms with van der Waals surface area (Å²) in [5.41, 5.74) is 1.33. The molecular weight excluding hydrogens is 268 g/mol. The zero-order valence-corrected chi connectivity index (χ0v) is 11.7. The summed E-state index contributed by atoms with van der Waals surface area (Å²) < 4.78 is 29.2. The topological polar surface area (TPSA) is 75.7 Å². The molecule has 6 nitrogen and oxygen atoms in total. The zero-order valence-electron chi connectivity index (χ0n) is 10.8. The average molecular weight is 284 g/mol. The lowest BCUT2D eigenvalue weighted by molar-refractivity contribution is -0.115. The largest absolute Gasteiger partial charge is 0.326 e. The summed E-state index contributed by atoms with van der Waals surface area (Å²) >= 11 is 0. The van der Waals surface area contributed by atoms with Gasteiger partial charge >= 0.3 is 10.1 Å². The lowest BCUT2D eigenvalue weighted by Crippen LogP contribution is -2.27. The number of benzene rings is 1. The molecular formula is C12H16N2O4S. The monoisotopic (exact) mass is 284 g/mol. The summed E-state index contributed by atoms with van der Waals surface area (Å²) in [6.45, 7) is 4.57. The van der Waals surface area contributed by atoms with Gasteiger partial charge in [0.15, 0.2) is 0 Å². The summed E-state index contributed by atoms with van der Waals surface area (Å²) in [6, 6.07) is 4.49. The summed E-state index contributed by atoms with van der Waals surface area (Å²) in [4.78, 5) is 11.3. The van der Waals surface area contributed by atoms with Crippen molar-refractivity contribution in [3.8, 4) is 0 Å². The molecule has 0 radical (unpaired) electrons. The number of hydrogen-bond donors (Lipinski definition) is 1. The van der Waals surface area contributed by atoms with Gasteiger partial charge in [0.25, 0.3) is 0 Å². The van der Waals surface area contributed by atoms with Crippen molar-refractivity contribution in [2.45, 2.75) is 25.2 Å². The maximum atomic E-state index is 12.1. The lowest BCUT2D eigenvalue weighted by atomic mass is 10.2. The standard InChI is InChI=1S/C12H16N2O4S/c1-3-14(4-2)18-19(16,17)10-5-6-11-9(7-10)8-12(15)13-11/h5-7H,3-4,8H2,1-2H3,(H,13,15). The number of anilines is 1. The predicted molar refractivity (Wildman–Crippen MR) is 70.0 cm³/mol. The number of nitrogens with one attached hydrogen (secondary N) is 1. The molecule has 1 aromatic rings. The molecule has 0 aromatic heterocycles. The van der Waals surface area contributed by atoms with Crippen LogP contribution in [0.4, 0.5) is 5.69 Å². The maximum Gasteiger partial charge on any atom is 0.313 e. The van der Waals surface area contributed by atoms with Gasteiger partial charge in [0.1, 0.15) is 0 Å². The van der Waals surface area contributed by atoms with Gasteiger partial charge in [-0.15, -0.1) is 0 Å². The number of rotatable bonds is 5. The number of carbonyl (C=O) groups excluding carboxylic acids is 1. The maximum absolute atomic E-state index is 12.1. The molecule has 1 aliphatic heterocycles. The third-order valence-electron chi connectivity index (χ3n) is 2.90. The third-order valence-corrected chi connectivity index (χ3v) is 4.14. The molecule has 7 heteroatoms. The Morgan fingerprint density at radius 2 is 2.00 bits per heavy atom. The highest BCUT2D eigenvalue weighted by Gasteiger charge is 2.23. The quantitative estimate of drug-likeness (QED) is 0.821. The van der Waals surface area contributed by atoms with E-state index in [1.807, 2.05) is 13.8 Å². The fourth-order valence-electron chi connectivity index (χ4n) is 1.87. The molecule has 0 saturated carbocycles. The second-order valence-electron chi connectivity index (χ2n) is 4.19. The van der Waals surface area contributed by atoms with Gasteiger partial charge in [-0.3, -0.25) is 4.79 Å². The van der Waals surface area contributed by atoms with Crippen LogP contribution in [0.3, 0.4) is 0 Å². The molecule has 1 amide bonds. The first-order valence-electron chi connectivity index (χ1n) is 6.08. The highest BCUT2D eigenvalue weighted by Crippen LogP contribution is 2.26. The minimum atomic E-state index is -3.84. The van der Waals surface area contributed by atoms with Crippen molar-refractivity contribution in [2.75, 3.05) is 18.4 Å². The highest BCUT2D eigenvalue weighted by atomic mass is 32.2. The molecule has 1 heterocycles. The summed E-state index contributed by atoms with van der Waals surface area (Å²) in [5.74, 6) is -0.130. The Labute approximate surface area is 112 Å². The Balaban J connectivity index is 2.27. The fraction of sp³-hybridized carbons (Fsp3) is 0.417. The van der Waals surface area contributed by atoms with E-state index in [9.17, 15) is 13.2 Å². The van der Waals surface area contributed by atoms with Crippen molar-refractivity contribution in [3.63, 3.8) is 0 Å². The minimum absolute atomic E-state index is 0.0645. The molecule has 1 N–H and O–H groups in total. The molecule has 1 aliphatic rings. The van der Waals surface area contributed by atoms with Crippen molar-refractivity contribution in [3.05, 3.63) is 23.8 Å². The minimum Gasteiger partial charge on any atom is -0.326 e. The highest BCUT2D eigenvalue weighted by molar-refractivity contribution is 7.86. The van der Waals surface area contributed by atoms with Crippen LogP contribution in [0.15, 0.2) is 23.1 Å². The van der Waals surface area contributed by atoms with E-state index in [-0.39, 0.29) is 17.2 Å². The van der Waals surface area contributed by atoms with Gasteiger partial charge in [-0.05, 0) is 23.8 Å². The first-order valence-corrected chi connectivity index (χ1v) is 7.49. The van der Waals surface area contributed by atoms with Crippen LogP contribution in [0.2, 0.25) is 0 Å². The molecule has 104 valence electrons.